The van der Waals surface area contributed by atoms with Crippen molar-refractivity contribution in [2.75, 3.05) is 12.3 Å². The second-order valence-electron chi connectivity index (χ2n) is 6.52. The second-order valence-corrected chi connectivity index (χ2v) is 9.04. The van der Waals surface area contributed by atoms with Crippen LogP contribution in [0.1, 0.15) is 39.7 Å². The van der Waals surface area contributed by atoms with E-state index in [2.05, 4.69) is 33.0 Å². The Morgan fingerprint density at radius 1 is 1.24 bits per heavy atom. The Balaban J connectivity index is 2.84. The first-order valence-electron chi connectivity index (χ1n) is 7.33. The Labute approximate surface area is 134 Å². The van der Waals surface area contributed by atoms with Gasteiger partial charge in [0.15, 0.2) is 9.84 Å². The normalized spacial score (nSPS) is 14.1. The van der Waals surface area contributed by atoms with Crippen LogP contribution in [0.5, 0.6) is 0 Å². The predicted octanol–water partition coefficient (Wildman–Crippen LogP) is 3.67. The molecule has 1 N–H and O–H groups in total. The Morgan fingerprint density at radius 2 is 1.86 bits per heavy atom. The summed E-state index contributed by atoms with van der Waals surface area (Å²) in [5.74, 6) is 0.120. The minimum Gasteiger partial charge on any atom is -0.312 e. The van der Waals surface area contributed by atoms with Crippen LogP contribution in [0.2, 0.25) is 5.02 Å². The fourth-order valence-electron chi connectivity index (χ4n) is 2.10. The van der Waals surface area contributed by atoms with Gasteiger partial charge in [0, 0.05) is 11.1 Å². The zero-order valence-electron chi connectivity index (χ0n) is 13.3. The zero-order valence-corrected chi connectivity index (χ0v) is 14.9. The van der Waals surface area contributed by atoms with Crippen molar-refractivity contribution in [2.24, 2.45) is 5.41 Å². The zero-order chi connectivity index (χ0) is 16.1. The molecule has 1 rings (SSSR count). The van der Waals surface area contributed by atoms with E-state index in [9.17, 15) is 8.42 Å². The number of sulfone groups is 1. The summed E-state index contributed by atoms with van der Waals surface area (Å²) < 4.78 is 24.9. The van der Waals surface area contributed by atoms with Gasteiger partial charge in [-0.05, 0) is 30.0 Å². The molecule has 1 aromatic carbocycles. The van der Waals surface area contributed by atoms with Gasteiger partial charge in [-0.1, -0.05) is 57.5 Å². The van der Waals surface area contributed by atoms with Crippen molar-refractivity contribution >= 4 is 21.4 Å². The predicted molar refractivity (Wildman–Crippen MR) is 90.5 cm³/mol. The molecule has 0 amide bonds. The van der Waals surface area contributed by atoms with Gasteiger partial charge in [0.05, 0.1) is 11.5 Å². The van der Waals surface area contributed by atoms with E-state index in [0.717, 1.165) is 13.0 Å². The number of hydrogen-bond acceptors (Lipinski definition) is 3. The summed E-state index contributed by atoms with van der Waals surface area (Å²) >= 11 is 6.06. The molecule has 0 aromatic heterocycles. The van der Waals surface area contributed by atoms with E-state index >= 15 is 0 Å². The third-order valence-electron chi connectivity index (χ3n) is 3.44. The molecular weight excluding hydrogens is 306 g/mol. The molecule has 0 heterocycles. The summed E-state index contributed by atoms with van der Waals surface area (Å²) in [4.78, 5) is 0. The van der Waals surface area contributed by atoms with Crippen LogP contribution in [0.3, 0.4) is 0 Å². The van der Waals surface area contributed by atoms with E-state index in [4.69, 9.17) is 11.6 Å². The molecule has 3 nitrogen and oxygen atoms in total. The van der Waals surface area contributed by atoms with Crippen molar-refractivity contribution in [3.05, 3.63) is 34.9 Å². The molecule has 120 valence electrons. The van der Waals surface area contributed by atoms with Gasteiger partial charge in [0.25, 0.3) is 0 Å². The summed E-state index contributed by atoms with van der Waals surface area (Å²) in [6, 6.07) is 7.05. The maximum atomic E-state index is 12.5. The Morgan fingerprint density at radius 3 is 2.38 bits per heavy atom. The summed E-state index contributed by atoms with van der Waals surface area (Å²) in [5, 5.41) is 3.86. The highest BCUT2D eigenvalue weighted by Crippen LogP contribution is 2.23. The molecular formula is C16H26ClNO2S. The van der Waals surface area contributed by atoms with Gasteiger partial charge in [-0.15, -0.1) is 0 Å². The lowest BCUT2D eigenvalue weighted by atomic mass is 9.88. The van der Waals surface area contributed by atoms with E-state index < -0.39 is 9.84 Å². The molecule has 1 aromatic rings. The monoisotopic (exact) mass is 331 g/mol. The van der Waals surface area contributed by atoms with E-state index in [0.29, 0.717) is 10.6 Å². The number of rotatable bonds is 7. The second kappa shape index (κ2) is 7.61. The largest absolute Gasteiger partial charge is 0.312 e. The van der Waals surface area contributed by atoms with Crippen LogP contribution < -0.4 is 5.32 Å². The summed E-state index contributed by atoms with van der Waals surface area (Å²) in [5.41, 5.74) is 0.560. The van der Waals surface area contributed by atoms with Gasteiger partial charge >= 0.3 is 0 Å². The van der Waals surface area contributed by atoms with Crippen molar-refractivity contribution in [3.63, 3.8) is 0 Å². The van der Waals surface area contributed by atoms with Crippen molar-refractivity contribution in [1.82, 2.24) is 5.32 Å². The molecule has 0 spiro atoms. The first-order chi connectivity index (χ1) is 9.65. The van der Waals surface area contributed by atoms with Gasteiger partial charge in [-0.3, -0.25) is 0 Å². The number of halogens is 1. The molecule has 1 atom stereocenters. The van der Waals surface area contributed by atoms with Crippen molar-refractivity contribution in [1.29, 1.82) is 0 Å². The van der Waals surface area contributed by atoms with Crippen LogP contribution in [0, 0.1) is 5.41 Å². The highest BCUT2D eigenvalue weighted by atomic mass is 35.5. The van der Waals surface area contributed by atoms with Crippen LogP contribution in [-0.2, 0) is 15.6 Å². The first kappa shape index (κ1) is 18.5. The number of hydrogen-bond donors (Lipinski definition) is 1. The molecule has 0 saturated heterocycles. The lowest BCUT2D eigenvalue weighted by Gasteiger charge is -2.31. The van der Waals surface area contributed by atoms with Gasteiger partial charge in [-0.25, -0.2) is 8.42 Å². The fourth-order valence-corrected chi connectivity index (χ4v) is 4.35. The Kier molecular flexibility index (Phi) is 6.70. The highest BCUT2D eigenvalue weighted by molar-refractivity contribution is 7.90. The van der Waals surface area contributed by atoms with Gasteiger partial charge in [0.2, 0.25) is 0 Å². The minimum absolute atomic E-state index is 0.00689. The molecule has 0 aliphatic rings. The minimum atomic E-state index is -3.22. The molecule has 0 bridgehead atoms. The summed E-state index contributed by atoms with van der Waals surface area (Å²) in [6.07, 6.45) is 0.983. The molecule has 1 unspecified atom stereocenters. The van der Waals surface area contributed by atoms with Gasteiger partial charge in [-0.2, -0.15) is 0 Å². The Bertz CT molecular complexity index is 550. The quantitative estimate of drug-likeness (QED) is 0.829. The lowest BCUT2D eigenvalue weighted by Crippen LogP contribution is -2.45. The lowest BCUT2D eigenvalue weighted by molar-refractivity contribution is 0.288. The molecule has 0 fully saturated rings. The van der Waals surface area contributed by atoms with E-state index in [1.807, 2.05) is 6.07 Å². The molecule has 0 aliphatic carbocycles. The van der Waals surface area contributed by atoms with Crippen LogP contribution in [0.15, 0.2) is 24.3 Å². The average molecular weight is 332 g/mol. The SMILES string of the molecule is CCCNC(CS(=O)(=O)Cc1ccccc1Cl)C(C)(C)C. The average Bonchev–Trinajstić information content (AvgIpc) is 2.35. The smallest absolute Gasteiger partial charge is 0.156 e. The highest BCUT2D eigenvalue weighted by Gasteiger charge is 2.29. The first-order valence-corrected chi connectivity index (χ1v) is 9.53. The van der Waals surface area contributed by atoms with Crippen LogP contribution in [0.4, 0.5) is 0 Å². The summed E-state index contributed by atoms with van der Waals surface area (Å²) in [6.45, 7) is 9.08. The molecule has 0 aliphatic heterocycles. The maximum Gasteiger partial charge on any atom is 0.156 e. The van der Waals surface area contributed by atoms with Crippen molar-refractivity contribution in [3.8, 4) is 0 Å². The molecule has 21 heavy (non-hydrogen) atoms. The van der Waals surface area contributed by atoms with Gasteiger partial charge < -0.3 is 5.32 Å². The third-order valence-corrected chi connectivity index (χ3v) is 5.40. The number of nitrogens with one attached hydrogen (secondary N) is 1. The molecule has 5 heteroatoms. The van der Waals surface area contributed by atoms with Crippen LogP contribution >= 0.6 is 11.6 Å². The maximum absolute atomic E-state index is 12.5. The van der Waals surface area contributed by atoms with E-state index in [1.54, 1.807) is 18.2 Å². The van der Waals surface area contributed by atoms with Crippen molar-refractivity contribution < 1.29 is 8.42 Å². The number of benzene rings is 1. The molecule has 0 radical (unpaired) electrons. The third kappa shape index (κ3) is 6.37. The fraction of sp³-hybridized carbons (Fsp3) is 0.625. The van der Waals surface area contributed by atoms with Crippen LogP contribution in [0.25, 0.3) is 0 Å². The standard InChI is InChI=1S/C16H26ClNO2S/c1-5-10-18-15(16(2,3)4)12-21(19,20)11-13-8-6-7-9-14(13)17/h6-9,15,18H,5,10-12H2,1-4H3. The Hall–Kier alpha value is -0.580. The molecule has 0 saturated carbocycles. The summed E-state index contributed by atoms with van der Waals surface area (Å²) in [7, 11) is -3.22. The van der Waals surface area contributed by atoms with Crippen molar-refractivity contribution in [2.45, 2.75) is 45.9 Å². The van der Waals surface area contributed by atoms with Crippen LogP contribution in [-0.4, -0.2) is 26.8 Å². The van der Waals surface area contributed by atoms with E-state index in [-0.39, 0.29) is 23.0 Å². The van der Waals surface area contributed by atoms with E-state index in [1.165, 1.54) is 0 Å². The van der Waals surface area contributed by atoms with Gasteiger partial charge in [0.1, 0.15) is 0 Å². The topological polar surface area (TPSA) is 46.2 Å².